The van der Waals surface area contributed by atoms with Crippen LogP contribution in [0.5, 0.6) is 0 Å². The summed E-state index contributed by atoms with van der Waals surface area (Å²) < 4.78 is 14.6. The van der Waals surface area contributed by atoms with Gasteiger partial charge in [-0.3, -0.25) is 15.1 Å². The molecule has 0 unspecified atom stereocenters. The molecule has 39 heavy (non-hydrogen) atoms. The molecule has 1 saturated carbocycles. The van der Waals surface area contributed by atoms with E-state index in [0.29, 0.717) is 33.9 Å². The minimum absolute atomic E-state index is 0.342. The van der Waals surface area contributed by atoms with Crippen LogP contribution in [0.2, 0.25) is 0 Å². The van der Waals surface area contributed by atoms with Crippen LogP contribution in [0.4, 0.5) is 4.39 Å². The van der Waals surface area contributed by atoms with Crippen molar-refractivity contribution in [3.8, 4) is 33.9 Å². The Morgan fingerprint density at radius 3 is 2.72 bits per heavy atom. The fourth-order valence-corrected chi connectivity index (χ4v) is 5.52. The fourth-order valence-electron chi connectivity index (χ4n) is 5.52. The molecule has 9 heteroatoms. The van der Waals surface area contributed by atoms with Gasteiger partial charge in [0.15, 0.2) is 11.5 Å². The van der Waals surface area contributed by atoms with Crippen LogP contribution in [-0.4, -0.2) is 41.7 Å². The lowest BCUT2D eigenvalue weighted by molar-refractivity contribution is 0.489. The molecule has 0 atom stereocenters. The van der Waals surface area contributed by atoms with Crippen molar-refractivity contribution in [2.24, 2.45) is 5.92 Å². The summed E-state index contributed by atoms with van der Waals surface area (Å²) in [5.74, 6) is 1.01. The average molecular weight is 519 g/mol. The number of rotatable bonds is 7. The van der Waals surface area contributed by atoms with Gasteiger partial charge in [0.25, 0.3) is 0 Å². The first kappa shape index (κ1) is 23.6. The van der Waals surface area contributed by atoms with Crippen LogP contribution < -0.4 is 5.32 Å². The molecular weight excluding hydrogens is 491 g/mol. The molecule has 0 aliphatic heterocycles. The monoisotopic (exact) mass is 518 g/mol. The molecule has 8 nitrogen and oxygen atoms in total. The quantitative estimate of drug-likeness (QED) is 0.238. The van der Waals surface area contributed by atoms with E-state index in [0.717, 1.165) is 46.6 Å². The number of H-pyrrole nitrogens is 2. The second-order valence-electron chi connectivity index (χ2n) is 10.2. The summed E-state index contributed by atoms with van der Waals surface area (Å²) in [7, 11) is 0. The Labute approximate surface area is 224 Å². The minimum Gasteiger partial charge on any atom is -0.336 e. The molecule has 7 rings (SSSR count). The maximum atomic E-state index is 14.6. The number of aromatic amines is 2. The Morgan fingerprint density at radius 1 is 0.949 bits per heavy atom. The fraction of sp³-hybridized carbons (Fsp3) is 0.233. The molecule has 0 amide bonds. The number of benzene rings is 1. The highest BCUT2D eigenvalue weighted by atomic mass is 19.1. The van der Waals surface area contributed by atoms with E-state index in [1.165, 1.54) is 31.7 Å². The third-order valence-electron chi connectivity index (χ3n) is 7.54. The number of hydrogen-bond acceptors (Lipinski definition) is 6. The first-order valence-corrected chi connectivity index (χ1v) is 13.3. The van der Waals surface area contributed by atoms with Gasteiger partial charge < -0.3 is 10.3 Å². The summed E-state index contributed by atoms with van der Waals surface area (Å²) in [4.78, 5) is 21.6. The molecule has 0 radical (unpaired) electrons. The molecule has 0 bridgehead atoms. The molecule has 194 valence electrons. The predicted molar refractivity (Wildman–Crippen MR) is 149 cm³/mol. The number of hydrogen-bond donors (Lipinski definition) is 3. The van der Waals surface area contributed by atoms with Gasteiger partial charge in [-0.25, -0.2) is 14.4 Å². The van der Waals surface area contributed by atoms with Crippen molar-refractivity contribution in [3.05, 3.63) is 78.6 Å². The molecule has 1 fully saturated rings. The van der Waals surface area contributed by atoms with Crippen molar-refractivity contribution in [3.63, 3.8) is 0 Å². The summed E-state index contributed by atoms with van der Waals surface area (Å²) in [6, 6.07) is 12.6. The molecule has 0 spiro atoms. The van der Waals surface area contributed by atoms with Crippen molar-refractivity contribution >= 4 is 22.1 Å². The SMILES string of the molecule is Fc1ccccc1-c1nccc2[nH]c(-c3n[nH]c4ncc(-c5cncc(CNCC6CCCC6)c5)cc34)nc12. The lowest BCUT2D eigenvalue weighted by Gasteiger charge is -2.11. The van der Waals surface area contributed by atoms with Crippen LogP contribution in [0.3, 0.4) is 0 Å². The molecule has 5 heterocycles. The van der Waals surface area contributed by atoms with Gasteiger partial charge in [-0.2, -0.15) is 5.10 Å². The lowest BCUT2D eigenvalue weighted by Crippen LogP contribution is -2.20. The van der Waals surface area contributed by atoms with E-state index in [1.54, 1.807) is 24.4 Å². The van der Waals surface area contributed by atoms with Crippen molar-refractivity contribution in [2.75, 3.05) is 6.54 Å². The summed E-state index contributed by atoms with van der Waals surface area (Å²) in [5, 5.41) is 11.9. The zero-order chi connectivity index (χ0) is 26.2. The van der Waals surface area contributed by atoms with Crippen LogP contribution in [0.1, 0.15) is 31.2 Å². The summed E-state index contributed by atoms with van der Waals surface area (Å²) in [5.41, 5.74) is 6.59. The normalized spacial score (nSPS) is 14.1. The zero-order valence-electron chi connectivity index (χ0n) is 21.3. The smallest absolute Gasteiger partial charge is 0.159 e. The molecule has 3 N–H and O–H groups in total. The molecule has 0 saturated heterocycles. The number of pyridine rings is 3. The number of halogens is 1. The first-order chi connectivity index (χ1) is 19.2. The minimum atomic E-state index is -0.342. The maximum Gasteiger partial charge on any atom is 0.159 e. The van der Waals surface area contributed by atoms with Crippen molar-refractivity contribution < 1.29 is 4.39 Å². The van der Waals surface area contributed by atoms with E-state index in [4.69, 9.17) is 4.98 Å². The first-order valence-electron chi connectivity index (χ1n) is 13.3. The lowest BCUT2D eigenvalue weighted by atomic mass is 10.1. The molecule has 1 aromatic carbocycles. The van der Waals surface area contributed by atoms with Crippen molar-refractivity contribution in [2.45, 2.75) is 32.2 Å². The average Bonchev–Trinajstić information content (AvgIpc) is 3.73. The molecule has 6 aromatic rings. The third kappa shape index (κ3) is 4.55. The predicted octanol–water partition coefficient (Wildman–Crippen LogP) is 6.04. The van der Waals surface area contributed by atoms with Crippen LogP contribution in [0.15, 0.2) is 67.3 Å². The van der Waals surface area contributed by atoms with Crippen LogP contribution >= 0.6 is 0 Å². The highest BCUT2D eigenvalue weighted by Gasteiger charge is 2.18. The van der Waals surface area contributed by atoms with Gasteiger partial charge >= 0.3 is 0 Å². The van der Waals surface area contributed by atoms with E-state index in [9.17, 15) is 4.39 Å². The maximum absolute atomic E-state index is 14.6. The van der Waals surface area contributed by atoms with E-state index >= 15 is 0 Å². The van der Waals surface area contributed by atoms with Crippen molar-refractivity contribution in [1.82, 2.24) is 40.4 Å². The Bertz CT molecular complexity index is 1780. The van der Waals surface area contributed by atoms with E-state index in [1.807, 2.05) is 24.7 Å². The zero-order valence-corrected chi connectivity index (χ0v) is 21.3. The molecular formula is C30H27FN8. The molecule has 1 aliphatic rings. The van der Waals surface area contributed by atoms with Gasteiger partial charge in [0, 0.05) is 48.0 Å². The Kier molecular flexibility index (Phi) is 6.05. The molecule has 5 aromatic heterocycles. The van der Waals surface area contributed by atoms with Gasteiger partial charge in [-0.05, 0) is 61.2 Å². The van der Waals surface area contributed by atoms with Gasteiger partial charge in [-0.1, -0.05) is 25.0 Å². The van der Waals surface area contributed by atoms with Gasteiger partial charge in [-0.15, -0.1) is 0 Å². The summed E-state index contributed by atoms with van der Waals surface area (Å²) >= 11 is 0. The second-order valence-corrected chi connectivity index (χ2v) is 10.2. The number of aromatic nitrogens is 7. The van der Waals surface area contributed by atoms with Crippen LogP contribution in [-0.2, 0) is 6.54 Å². The Balaban J connectivity index is 1.21. The Hall–Kier alpha value is -4.50. The van der Waals surface area contributed by atoms with Crippen LogP contribution in [0.25, 0.3) is 56.0 Å². The highest BCUT2D eigenvalue weighted by molar-refractivity contribution is 5.96. The van der Waals surface area contributed by atoms with E-state index < -0.39 is 0 Å². The van der Waals surface area contributed by atoms with Crippen molar-refractivity contribution in [1.29, 1.82) is 0 Å². The largest absolute Gasteiger partial charge is 0.336 e. The van der Waals surface area contributed by atoms with Gasteiger partial charge in [0.1, 0.15) is 22.7 Å². The van der Waals surface area contributed by atoms with Crippen LogP contribution in [0, 0.1) is 11.7 Å². The van der Waals surface area contributed by atoms with Gasteiger partial charge in [0.2, 0.25) is 0 Å². The van der Waals surface area contributed by atoms with E-state index in [2.05, 4.69) is 47.6 Å². The second kappa shape index (κ2) is 9.99. The Morgan fingerprint density at radius 2 is 1.82 bits per heavy atom. The molecule has 1 aliphatic carbocycles. The van der Waals surface area contributed by atoms with E-state index in [-0.39, 0.29) is 5.82 Å². The number of nitrogens with one attached hydrogen (secondary N) is 3. The highest BCUT2D eigenvalue weighted by Crippen LogP contribution is 2.32. The standard InChI is InChI=1S/C30H27FN8/c31-24-8-4-3-7-22(24)26-28-25(9-10-34-26)36-30(37-28)27-23-12-21(17-35-29(23)39-38-27)20-11-19(15-33-16-20)14-32-13-18-5-1-2-6-18/h3-4,7-12,15-18,32H,1-2,5-6,13-14H2,(H,36,37)(H,35,38,39). The topological polar surface area (TPSA) is 108 Å². The number of fused-ring (bicyclic) bond motifs is 2. The van der Waals surface area contributed by atoms with Gasteiger partial charge in [0.05, 0.1) is 10.9 Å². The third-order valence-corrected chi connectivity index (χ3v) is 7.54. The summed E-state index contributed by atoms with van der Waals surface area (Å²) in [6.45, 7) is 1.85. The summed E-state index contributed by atoms with van der Waals surface area (Å²) in [6.07, 6.45) is 12.6. The number of nitrogens with zero attached hydrogens (tertiary/aromatic N) is 5. The number of imidazole rings is 1.